The molecule has 0 saturated heterocycles. The molecule has 0 fully saturated rings. The Morgan fingerprint density at radius 3 is 1.94 bits per heavy atom. The number of hydrogen-bond acceptors (Lipinski definition) is 2. The van der Waals surface area contributed by atoms with Crippen molar-refractivity contribution >= 4 is 15.9 Å². The van der Waals surface area contributed by atoms with E-state index in [9.17, 15) is 39.5 Å². The molecule has 186 valence electrons. The fraction of sp³-hybridized carbons (Fsp3) is 0.143. The maximum Gasteiger partial charge on any atom is 0.416 e. The van der Waals surface area contributed by atoms with E-state index in [0.29, 0.717) is 6.33 Å². The number of hydrogen-bond donors (Lipinski definition) is 1. The third-order valence-corrected chi connectivity index (χ3v) is 4.91. The Labute approximate surface area is 199 Å². The number of alkyl halides is 8. The van der Waals surface area contributed by atoms with Gasteiger partial charge in [-0.25, -0.2) is 18.7 Å². The van der Waals surface area contributed by atoms with Crippen molar-refractivity contribution < 1.29 is 39.5 Å². The minimum Gasteiger partial charge on any atom is -0.345 e. The van der Waals surface area contributed by atoms with Gasteiger partial charge in [-0.1, -0.05) is 30.3 Å². The number of nitrogens with zero attached hydrogens (tertiary/aromatic N) is 3. The number of aromatic nitrogens is 4. The SMILES string of the molecule is Fc1cc(C(F)(F)F)cc(F)c1-n1cnc(C(F)(F)C(F)(F)Br)c1.c1ccc(-c2ncc[nH]2)cc1. The van der Waals surface area contributed by atoms with Crippen molar-refractivity contribution in [3.63, 3.8) is 0 Å². The standard InChI is InChI=1S/C12H4BrF9N2.C9H8N2/c13-12(21,22)10(16,17)8-3-24(4-23-8)9-6(14)1-5(2-7(9)15)11(18,19)20;1-2-4-8(5-3-1)9-10-6-7-11-9/h1-4H;1-7H,(H,10,11). The highest BCUT2D eigenvalue weighted by molar-refractivity contribution is 9.10. The fourth-order valence-electron chi connectivity index (χ4n) is 2.75. The molecule has 4 aromatic rings. The number of imidazole rings is 2. The summed E-state index contributed by atoms with van der Waals surface area (Å²) in [7, 11) is 0. The van der Waals surface area contributed by atoms with E-state index in [1.54, 1.807) is 6.20 Å². The molecular weight excluding hydrogens is 559 g/mol. The van der Waals surface area contributed by atoms with Crippen molar-refractivity contribution in [2.45, 2.75) is 16.9 Å². The molecule has 14 heteroatoms. The lowest BCUT2D eigenvalue weighted by Crippen LogP contribution is -2.32. The second-order valence-electron chi connectivity index (χ2n) is 6.83. The largest absolute Gasteiger partial charge is 0.416 e. The van der Waals surface area contributed by atoms with Crippen LogP contribution in [0.15, 0.2) is 67.4 Å². The normalized spacial score (nSPS) is 12.3. The van der Waals surface area contributed by atoms with Crippen LogP contribution in [0.25, 0.3) is 17.1 Å². The van der Waals surface area contributed by atoms with E-state index < -0.39 is 45.5 Å². The highest BCUT2D eigenvalue weighted by atomic mass is 79.9. The van der Waals surface area contributed by atoms with Crippen LogP contribution in [-0.2, 0) is 12.1 Å². The lowest BCUT2D eigenvalue weighted by atomic mass is 10.1. The minimum atomic E-state index is -5.04. The molecule has 0 unspecified atom stereocenters. The summed E-state index contributed by atoms with van der Waals surface area (Å²) in [6, 6.07) is 9.92. The lowest BCUT2D eigenvalue weighted by molar-refractivity contribution is -0.156. The molecule has 35 heavy (non-hydrogen) atoms. The highest BCUT2D eigenvalue weighted by Crippen LogP contribution is 2.46. The molecular formula is C21H12BrF9N4. The third-order valence-electron chi connectivity index (χ3n) is 4.41. The van der Waals surface area contributed by atoms with Crippen molar-refractivity contribution in [2.24, 2.45) is 0 Å². The number of aromatic amines is 1. The van der Waals surface area contributed by atoms with Crippen molar-refractivity contribution in [2.75, 3.05) is 0 Å². The molecule has 2 aromatic heterocycles. The maximum atomic E-state index is 13.7. The van der Waals surface area contributed by atoms with E-state index in [2.05, 4.69) is 15.0 Å². The summed E-state index contributed by atoms with van der Waals surface area (Å²) < 4.78 is 117. The second-order valence-corrected chi connectivity index (χ2v) is 7.82. The van der Waals surface area contributed by atoms with Gasteiger partial charge in [-0.3, -0.25) is 0 Å². The van der Waals surface area contributed by atoms with Gasteiger partial charge in [0, 0.05) is 24.2 Å². The number of rotatable bonds is 4. The van der Waals surface area contributed by atoms with Gasteiger partial charge in [0.2, 0.25) is 0 Å². The molecule has 2 aromatic carbocycles. The van der Waals surface area contributed by atoms with Crippen LogP contribution in [0, 0.1) is 11.6 Å². The zero-order chi connectivity index (χ0) is 26.0. The van der Waals surface area contributed by atoms with Gasteiger partial charge in [-0.05, 0) is 28.1 Å². The highest BCUT2D eigenvalue weighted by Gasteiger charge is 2.57. The summed E-state index contributed by atoms with van der Waals surface area (Å²) >= 11 is 1.46. The van der Waals surface area contributed by atoms with Gasteiger partial charge in [0.25, 0.3) is 0 Å². The van der Waals surface area contributed by atoms with Crippen LogP contribution in [0.1, 0.15) is 11.3 Å². The molecule has 0 aliphatic heterocycles. The Morgan fingerprint density at radius 2 is 1.46 bits per heavy atom. The van der Waals surface area contributed by atoms with Gasteiger partial charge in [0.15, 0.2) is 11.6 Å². The molecule has 1 N–H and O–H groups in total. The monoisotopic (exact) mass is 570 g/mol. The molecule has 0 aliphatic carbocycles. The van der Waals surface area contributed by atoms with Crippen molar-refractivity contribution in [1.82, 2.24) is 19.5 Å². The predicted molar refractivity (Wildman–Crippen MR) is 110 cm³/mol. The van der Waals surface area contributed by atoms with Gasteiger partial charge in [0.05, 0.1) is 11.9 Å². The van der Waals surface area contributed by atoms with Crippen LogP contribution in [-0.4, -0.2) is 24.4 Å². The Hall–Kier alpha value is -3.29. The van der Waals surface area contributed by atoms with Gasteiger partial charge in [0.1, 0.15) is 17.2 Å². The predicted octanol–water partition coefficient (Wildman–Crippen LogP) is 7.33. The van der Waals surface area contributed by atoms with E-state index in [-0.39, 0.29) is 22.9 Å². The van der Waals surface area contributed by atoms with E-state index in [0.717, 1.165) is 11.4 Å². The van der Waals surface area contributed by atoms with Crippen molar-refractivity contribution in [3.8, 4) is 17.1 Å². The topological polar surface area (TPSA) is 46.5 Å². The fourth-order valence-corrected chi connectivity index (χ4v) is 2.95. The van der Waals surface area contributed by atoms with Crippen LogP contribution in [0.2, 0.25) is 0 Å². The van der Waals surface area contributed by atoms with E-state index in [1.165, 1.54) is 15.9 Å². The first kappa shape index (κ1) is 26.3. The molecule has 0 amide bonds. The summed E-state index contributed by atoms with van der Waals surface area (Å²) in [4.78, 5) is 5.41. The van der Waals surface area contributed by atoms with Gasteiger partial charge < -0.3 is 9.55 Å². The Bertz CT molecular complexity index is 1240. The van der Waals surface area contributed by atoms with Crippen LogP contribution < -0.4 is 0 Å². The number of halogens is 10. The molecule has 4 nitrogen and oxygen atoms in total. The zero-order valence-corrected chi connectivity index (χ0v) is 18.6. The summed E-state index contributed by atoms with van der Waals surface area (Å²) in [6.45, 7) is 0. The van der Waals surface area contributed by atoms with Crippen LogP contribution in [0.5, 0.6) is 0 Å². The number of benzene rings is 2. The van der Waals surface area contributed by atoms with Gasteiger partial charge >= 0.3 is 16.9 Å². The number of H-pyrrole nitrogens is 1. The van der Waals surface area contributed by atoms with Gasteiger partial charge in [-0.15, -0.1) is 0 Å². The first-order valence-electron chi connectivity index (χ1n) is 9.32. The third kappa shape index (κ3) is 5.86. The second kappa shape index (κ2) is 9.76. The first-order chi connectivity index (χ1) is 16.2. The molecule has 0 atom stereocenters. The average molecular weight is 571 g/mol. The molecule has 0 spiro atoms. The first-order valence-corrected chi connectivity index (χ1v) is 10.1. The Balaban J connectivity index is 0.000000256. The lowest BCUT2D eigenvalue weighted by Gasteiger charge is -2.19. The Kier molecular flexibility index (Phi) is 7.34. The van der Waals surface area contributed by atoms with E-state index in [4.69, 9.17) is 0 Å². The zero-order valence-electron chi connectivity index (χ0n) is 17.0. The molecule has 0 bridgehead atoms. The smallest absolute Gasteiger partial charge is 0.345 e. The van der Waals surface area contributed by atoms with Crippen LogP contribution in [0.4, 0.5) is 39.5 Å². The number of nitrogens with one attached hydrogen (secondary N) is 1. The summed E-state index contributed by atoms with van der Waals surface area (Å²) in [6.07, 6.45) is -0.906. The van der Waals surface area contributed by atoms with Gasteiger partial charge in [-0.2, -0.15) is 30.7 Å². The summed E-state index contributed by atoms with van der Waals surface area (Å²) in [5, 5.41) is 0. The summed E-state index contributed by atoms with van der Waals surface area (Å²) in [5.41, 5.74) is -3.23. The van der Waals surface area contributed by atoms with E-state index >= 15 is 0 Å². The minimum absolute atomic E-state index is 0.0602. The molecule has 4 rings (SSSR count). The molecule has 0 saturated carbocycles. The molecule has 0 aliphatic rings. The molecule has 2 heterocycles. The summed E-state index contributed by atoms with van der Waals surface area (Å²) in [5.74, 6) is -7.37. The average Bonchev–Trinajstić information content (AvgIpc) is 3.46. The van der Waals surface area contributed by atoms with E-state index in [1.807, 2.05) is 36.5 Å². The molecule has 0 radical (unpaired) electrons. The Morgan fingerprint density at radius 1 is 0.857 bits per heavy atom. The van der Waals surface area contributed by atoms with Crippen LogP contribution >= 0.6 is 15.9 Å². The van der Waals surface area contributed by atoms with Crippen molar-refractivity contribution in [1.29, 1.82) is 0 Å². The van der Waals surface area contributed by atoms with Crippen LogP contribution in [0.3, 0.4) is 0 Å². The maximum absolute atomic E-state index is 13.7. The van der Waals surface area contributed by atoms with Crippen molar-refractivity contribution in [3.05, 3.63) is 90.3 Å². The quantitative estimate of drug-likeness (QED) is 0.206.